The molecule has 0 saturated carbocycles. The number of benzene rings is 2. The standard InChI is InChI=1S/C25H24F3N5O.ClH/c26-25(27,28)18-10-11-20(22(14-18)34-16-17-6-2-1-3-7-17)23-21-9-5-13-33(21)24(32-31-23)30-19-8-4-12-29-15-19;/h1-3,5-7,9-11,13-14,19,29H,4,8,12,15-16H2,(H,30,32);1H/t19-;/m1./s1. The third-order valence-electron chi connectivity index (χ3n) is 5.90. The van der Waals surface area contributed by atoms with Crippen LogP contribution < -0.4 is 15.4 Å². The van der Waals surface area contributed by atoms with Crippen molar-refractivity contribution in [1.82, 2.24) is 19.9 Å². The number of nitrogens with zero attached hydrogens (tertiary/aromatic N) is 3. The van der Waals surface area contributed by atoms with E-state index in [2.05, 4.69) is 20.8 Å². The Hall–Kier alpha value is -3.30. The predicted octanol–water partition coefficient (Wildman–Crippen LogP) is 5.58. The molecule has 0 aliphatic carbocycles. The lowest BCUT2D eigenvalue weighted by molar-refractivity contribution is -0.137. The van der Waals surface area contributed by atoms with Gasteiger partial charge in [0.05, 0.1) is 11.1 Å². The van der Waals surface area contributed by atoms with Gasteiger partial charge in [-0.1, -0.05) is 30.3 Å². The summed E-state index contributed by atoms with van der Waals surface area (Å²) < 4.78 is 48.1. The number of aromatic nitrogens is 3. The molecule has 35 heavy (non-hydrogen) atoms. The molecule has 1 aliphatic heterocycles. The minimum absolute atomic E-state index is 0. The number of hydrogen-bond acceptors (Lipinski definition) is 5. The van der Waals surface area contributed by atoms with Crippen molar-refractivity contribution in [3.63, 3.8) is 0 Å². The van der Waals surface area contributed by atoms with Gasteiger partial charge in [-0.3, -0.25) is 4.40 Å². The Morgan fingerprint density at radius 3 is 2.63 bits per heavy atom. The Labute approximate surface area is 206 Å². The molecule has 0 bridgehead atoms. The average Bonchev–Trinajstić information content (AvgIpc) is 3.34. The van der Waals surface area contributed by atoms with E-state index in [0.717, 1.165) is 49.1 Å². The van der Waals surface area contributed by atoms with Crippen LogP contribution in [0.2, 0.25) is 0 Å². The molecule has 3 heterocycles. The molecule has 1 atom stereocenters. The van der Waals surface area contributed by atoms with Gasteiger partial charge in [0.15, 0.2) is 0 Å². The second kappa shape index (κ2) is 10.5. The van der Waals surface area contributed by atoms with Gasteiger partial charge in [-0.15, -0.1) is 22.6 Å². The van der Waals surface area contributed by atoms with Crippen LogP contribution in [0.5, 0.6) is 5.75 Å². The van der Waals surface area contributed by atoms with E-state index < -0.39 is 11.7 Å². The van der Waals surface area contributed by atoms with Gasteiger partial charge in [-0.2, -0.15) is 13.2 Å². The number of halogens is 4. The monoisotopic (exact) mass is 503 g/mol. The first-order chi connectivity index (χ1) is 16.5. The minimum atomic E-state index is -4.48. The number of alkyl halides is 3. The summed E-state index contributed by atoms with van der Waals surface area (Å²) in [5.41, 5.74) is 1.71. The van der Waals surface area contributed by atoms with Crippen LogP contribution in [-0.2, 0) is 12.8 Å². The first kappa shape index (κ1) is 24.8. The maximum atomic E-state index is 13.4. The van der Waals surface area contributed by atoms with E-state index in [9.17, 15) is 13.2 Å². The smallest absolute Gasteiger partial charge is 0.416 e. The summed E-state index contributed by atoms with van der Waals surface area (Å²) in [5, 5.41) is 15.6. The summed E-state index contributed by atoms with van der Waals surface area (Å²) in [6, 6.07) is 16.7. The number of ether oxygens (including phenoxy) is 1. The fourth-order valence-electron chi connectivity index (χ4n) is 4.15. The average molecular weight is 504 g/mol. The Kier molecular flexibility index (Phi) is 7.47. The summed E-state index contributed by atoms with van der Waals surface area (Å²) >= 11 is 0. The van der Waals surface area contributed by atoms with Crippen molar-refractivity contribution < 1.29 is 17.9 Å². The molecular weight excluding hydrogens is 479 g/mol. The second-order valence-electron chi connectivity index (χ2n) is 8.31. The van der Waals surface area contributed by atoms with E-state index >= 15 is 0 Å². The highest BCUT2D eigenvalue weighted by Gasteiger charge is 2.32. The lowest BCUT2D eigenvalue weighted by atomic mass is 10.1. The number of anilines is 1. The summed E-state index contributed by atoms with van der Waals surface area (Å²) in [6.07, 6.45) is -0.525. The molecule has 5 rings (SSSR count). The zero-order chi connectivity index (χ0) is 23.5. The molecule has 4 aromatic rings. The molecule has 0 unspecified atom stereocenters. The maximum Gasteiger partial charge on any atom is 0.416 e. The zero-order valence-electron chi connectivity index (χ0n) is 18.8. The van der Waals surface area contributed by atoms with Crippen molar-refractivity contribution in [3.8, 4) is 17.0 Å². The van der Waals surface area contributed by atoms with Gasteiger partial charge in [0.25, 0.3) is 0 Å². The van der Waals surface area contributed by atoms with E-state index in [-0.39, 0.29) is 30.8 Å². The van der Waals surface area contributed by atoms with Crippen LogP contribution in [-0.4, -0.2) is 33.7 Å². The predicted molar refractivity (Wildman–Crippen MR) is 131 cm³/mol. The fraction of sp³-hybridized carbons (Fsp3) is 0.280. The van der Waals surface area contributed by atoms with Crippen LogP contribution >= 0.6 is 12.4 Å². The largest absolute Gasteiger partial charge is 0.488 e. The minimum Gasteiger partial charge on any atom is -0.488 e. The summed E-state index contributed by atoms with van der Waals surface area (Å²) in [6.45, 7) is 1.97. The van der Waals surface area contributed by atoms with E-state index in [0.29, 0.717) is 17.2 Å². The maximum absolute atomic E-state index is 13.4. The van der Waals surface area contributed by atoms with Gasteiger partial charge >= 0.3 is 6.18 Å². The molecule has 1 fully saturated rings. The van der Waals surface area contributed by atoms with Crippen LogP contribution in [0.3, 0.4) is 0 Å². The van der Waals surface area contributed by atoms with Gasteiger partial charge in [0, 0.05) is 24.3 Å². The van der Waals surface area contributed by atoms with Crippen LogP contribution in [0, 0.1) is 0 Å². The van der Waals surface area contributed by atoms with Crippen molar-refractivity contribution in [2.75, 3.05) is 18.4 Å². The topological polar surface area (TPSA) is 63.5 Å². The molecule has 1 saturated heterocycles. The molecule has 2 aromatic heterocycles. The first-order valence-electron chi connectivity index (χ1n) is 11.2. The fourth-order valence-corrected chi connectivity index (χ4v) is 4.15. The Morgan fingerprint density at radius 1 is 1.06 bits per heavy atom. The summed E-state index contributed by atoms with van der Waals surface area (Å²) in [4.78, 5) is 0. The van der Waals surface area contributed by atoms with Crippen LogP contribution in [0.1, 0.15) is 24.0 Å². The number of nitrogens with one attached hydrogen (secondary N) is 2. The van der Waals surface area contributed by atoms with Gasteiger partial charge in [-0.25, -0.2) is 0 Å². The molecule has 10 heteroatoms. The molecule has 0 radical (unpaired) electrons. The molecular formula is C25H25ClF3N5O. The van der Waals surface area contributed by atoms with Crippen molar-refractivity contribution in [3.05, 3.63) is 78.0 Å². The van der Waals surface area contributed by atoms with E-state index in [4.69, 9.17) is 4.74 Å². The van der Waals surface area contributed by atoms with Gasteiger partial charge in [-0.05, 0) is 55.3 Å². The lowest BCUT2D eigenvalue weighted by Crippen LogP contribution is -2.39. The molecule has 6 nitrogen and oxygen atoms in total. The van der Waals surface area contributed by atoms with Crippen molar-refractivity contribution >= 4 is 23.9 Å². The molecule has 1 aliphatic rings. The Balaban J connectivity index is 0.00000289. The molecule has 0 amide bonds. The van der Waals surface area contributed by atoms with Crippen molar-refractivity contribution in [1.29, 1.82) is 0 Å². The first-order valence-corrected chi connectivity index (χ1v) is 11.2. The molecule has 0 spiro atoms. The highest BCUT2D eigenvalue weighted by Crippen LogP contribution is 2.38. The Bertz CT molecular complexity index is 1270. The quantitative estimate of drug-likeness (QED) is 0.359. The molecule has 184 valence electrons. The normalized spacial score (nSPS) is 16.0. The number of piperidine rings is 1. The molecule has 2 aromatic carbocycles. The SMILES string of the molecule is Cl.FC(F)(F)c1ccc(-c2nnc(N[C@@H]3CCCNC3)n3cccc23)c(OCc2ccccc2)c1. The second-order valence-corrected chi connectivity index (χ2v) is 8.31. The number of hydrogen-bond donors (Lipinski definition) is 2. The van der Waals surface area contributed by atoms with Gasteiger partial charge in [0.2, 0.25) is 5.95 Å². The highest BCUT2D eigenvalue weighted by molar-refractivity contribution is 5.85. The van der Waals surface area contributed by atoms with Crippen molar-refractivity contribution in [2.45, 2.75) is 31.7 Å². The Morgan fingerprint density at radius 2 is 1.89 bits per heavy atom. The van der Waals surface area contributed by atoms with Crippen LogP contribution in [0.25, 0.3) is 16.8 Å². The number of rotatable bonds is 6. The third kappa shape index (κ3) is 5.52. The van der Waals surface area contributed by atoms with Crippen molar-refractivity contribution in [2.24, 2.45) is 0 Å². The van der Waals surface area contributed by atoms with Gasteiger partial charge < -0.3 is 15.4 Å². The third-order valence-corrected chi connectivity index (χ3v) is 5.90. The summed E-state index contributed by atoms with van der Waals surface area (Å²) in [7, 11) is 0. The van der Waals surface area contributed by atoms with E-state index in [1.165, 1.54) is 6.07 Å². The van der Waals surface area contributed by atoms with E-state index in [1.807, 2.05) is 53.1 Å². The lowest BCUT2D eigenvalue weighted by Gasteiger charge is -2.24. The highest BCUT2D eigenvalue weighted by atomic mass is 35.5. The molecule has 2 N–H and O–H groups in total. The van der Waals surface area contributed by atoms with Crippen LogP contribution in [0.4, 0.5) is 19.1 Å². The van der Waals surface area contributed by atoms with E-state index in [1.54, 1.807) is 0 Å². The van der Waals surface area contributed by atoms with Crippen LogP contribution in [0.15, 0.2) is 66.9 Å². The zero-order valence-corrected chi connectivity index (χ0v) is 19.6. The van der Waals surface area contributed by atoms with Gasteiger partial charge in [0.1, 0.15) is 18.1 Å². The number of fused-ring (bicyclic) bond motifs is 1. The summed E-state index contributed by atoms with van der Waals surface area (Å²) in [5.74, 6) is 0.699.